The first-order valence-electron chi connectivity index (χ1n) is 10.2. The fourth-order valence-corrected chi connectivity index (χ4v) is 3.64. The van der Waals surface area contributed by atoms with Crippen LogP contribution in [0.15, 0.2) is 76.9 Å². The predicted octanol–water partition coefficient (Wildman–Crippen LogP) is 5.54. The van der Waals surface area contributed by atoms with Gasteiger partial charge in [0.2, 0.25) is 0 Å². The highest BCUT2D eigenvalue weighted by atomic mass is 79.9. The van der Waals surface area contributed by atoms with Gasteiger partial charge in [0.1, 0.15) is 5.70 Å². The first-order chi connectivity index (χ1) is 15.2. The second kappa shape index (κ2) is 10.3. The molecule has 3 aromatic rings. The number of amides is 2. The number of aryl methyl sites for hydroxylation is 2. The van der Waals surface area contributed by atoms with Crippen LogP contribution in [0.1, 0.15) is 27.0 Å². The summed E-state index contributed by atoms with van der Waals surface area (Å²) < 4.78 is 0.655. The number of hydrogen-bond donors (Lipinski definition) is 2. The van der Waals surface area contributed by atoms with Gasteiger partial charge in [-0.15, -0.1) is 0 Å². The lowest BCUT2D eigenvalue weighted by Crippen LogP contribution is -2.31. The zero-order valence-electron chi connectivity index (χ0n) is 18.6. The zero-order chi connectivity index (χ0) is 23.3. The highest BCUT2D eigenvalue weighted by Crippen LogP contribution is 2.20. The van der Waals surface area contributed by atoms with E-state index >= 15 is 0 Å². The molecule has 0 aromatic heterocycles. The van der Waals surface area contributed by atoms with Gasteiger partial charge in [-0.1, -0.05) is 42.0 Å². The van der Waals surface area contributed by atoms with Gasteiger partial charge in [-0.2, -0.15) is 0 Å². The van der Waals surface area contributed by atoms with Gasteiger partial charge in [-0.05, 0) is 77.3 Å². The minimum atomic E-state index is -0.394. The fourth-order valence-electron chi connectivity index (χ4n) is 3.17. The summed E-state index contributed by atoms with van der Waals surface area (Å²) in [7, 11) is 3.93. The SMILES string of the molecule is Cc1ccc(NC(=O)C(=Cc2ccc(N(C)C)cc2)NC(=O)c2ccccc2Br)c(C)c1. The lowest BCUT2D eigenvalue weighted by Gasteiger charge is -2.14. The van der Waals surface area contributed by atoms with Crippen LogP contribution >= 0.6 is 15.9 Å². The maximum atomic E-state index is 13.2. The normalized spacial score (nSPS) is 11.1. The first-order valence-corrected chi connectivity index (χ1v) is 11.0. The Hall–Kier alpha value is -3.38. The van der Waals surface area contributed by atoms with E-state index in [4.69, 9.17) is 0 Å². The molecule has 0 bridgehead atoms. The molecule has 6 heteroatoms. The molecule has 3 aromatic carbocycles. The van der Waals surface area contributed by atoms with Gasteiger partial charge >= 0.3 is 0 Å². The molecule has 3 rings (SSSR count). The van der Waals surface area contributed by atoms with Gasteiger partial charge in [0, 0.05) is 29.9 Å². The van der Waals surface area contributed by atoms with Gasteiger partial charge < -0.3 is 15.5 Å². The number of hydrogen-bond acceptors (Lipinski definition) is 3. The molecule has 32 heavy (non-hydrogen) atoms. The summed E-state index contributed by atoms with van der Waals surface area (Å²) in [5.74, 6) is -0.765. The average Bonchev–Trinajstić information content (AvgIpc) is 2.75. The molecule has 2 amide bonds. The number of nitrogens with zero attached hydrogens (tertiary/aromatic N) is 1. The molecule has 0 saturated heterocycles. The van der Waals surface area contributed by atoms with E-state index in [1.165, 1.54) is 0 Å². The van der Waals surface area contributed by atoms with Crippen molar-refractivity contribution in [2.24, 2.45) is 0 Å². The van der Waals surface area contributed by atoms with Gasteiger partial charge in [0.25, 0.3) is 11.8 Å². The van der Waals surface area contributed by atoms with Crippen molar-refractivity contribution < 1.29 is 9.59 Å². The third-order valence-corrected chi connectivity index (χ3v) is 5.65. The van der Waals surface area contributed by atoms with Crippen LogP contribution in [0.4, 0.5) is 11.4 Å². The van der Waals surface area contributed by atoms with Crippen LogP contribution in [-0.4, -0.2) is 25.9 Å². The summed E-state index contributed by atoms with van der Waals surface area (Å²) in [6.45, 7) is 3.94. The maximum Gasteiger partial charge on any atom is 0.272 e. The molecule has 0 radical (unpaired) electrons. The van der Waals surface area contributed by atoms with Crippen LogP contribution < -0.4 is 15.5 Å². The number of carbonyl (C=O) groups is 2. The van der Waals surface area contributed by atoms with Crippen LogP contribution in [0.2, 0.25) is 0 Å². The van der Waals surface area contributed by atoms with Crippen LogP contribution in [0.25, 0.3) is 6.08 Å². The Bertz CT molecular complexity index is 1170. The largest absolute Gasteiger partial charge is 0.378 e. The molecule has 0 fully saturated rings. The molecule has 0 spiro atoms. The van der Waals surface area contributed by atoms with E-state index in [-0.39, 0.29) is 11.6 Å². The Balaban J connectivity index is 1.93. The minimum Gasteiger partial charge on any atom is -0.378 e. The second-order valence-corrected chi connectivity index (χ2v) is 8.60. The molecule has 5 nitrogen and oxygen atoms in total. The number of carbonyl (C=O) groups excluding carboxylic acids is 2. The highest BCUT2D eigenvalue weighted by molar-refractivity contribution is 9.10. The fraction of sp³-hybridized carbons (Fsp3) is 0.154. The summed E-state index contributed by atoms with van der Waals surface area (Å²) in [5.41, 5.74) is 5.20. The quantitative estimate of drug-likeness (QED) is 0.444. The Morgan fingerprint density at radius 3 is 2.25 bits per heavy atom. The smallest absolute Gasteiger partial charge is 0.272 e. The van der Waals surface area contributed by atoms with E-state index in [2.05, 4.69) is 26.6 Å². The number of anilines is 2. The van der Waals surface area contributed by atoms with E-state index in [1.807, 2.05) is 81.4 Å². The maximum absolute atomic E-state index is 13.2. The van der Waals surface area contributed by atoms with Crippen LogP contribution in [-0.2, 0) is 4.79 Å². The first kappa shape index (κ1) is 23.3. The summed E-state index contributed by atoms with van der Waals surface area (Å²) in [5, 5.41) is 5.70. The number of rotatable bonds is 6. The Labute approximate surface area is 197 Å². The monoisotopic (exact) mass is 491 g/mol. The van der Waals surface area contributed by atoms with Crippen molar-refractivity contribution in [1.29, 1.82) is 0 Å². The second-order valence-electron chi connectivity index (χ2n) is 7.75. The Morgan fingerprint density at radius 2 is 1.62 bits per heavy atom. The number of halogens is 1. The predicted molar refractivity (Wildman–Crippen MR) is 135 cm³/mol. The minimum absolute atomic E-state index is 0.156. The topological polar surface area (TPSA) is 61.4 Å². The summed E-state index contributed by atoms with van der Waals surface area (Å²) in [4.78, 5) is 28.1. The van der Waals surface area contributed by atoms with Gasteiger partial charge in [-0.25, -0.2) is 0 Å². The van der Waals surface area contributed by atoms with Gasteiger partial charge in [0.05, 0.1) is 5.56 Å². The molecule has 0 heterocycles. The standard InChI is InChI=1S/C26H26BrN3O2/c1-17-9-14-23(18(2)15-17)28-26(32)24(16-19-10-12-20(13-11-19)30(3)4)29-25(31)21-7-5-6-8-22(21)27/h5-16H,1-4H3,(H,28,32)(H,29,31). The van der Waals surface area contributed by atoms with E-state index in [9.17, 15) is 9.59 Å². The van der Waals surface area contributed by atoms with Crippen LogP contribution in [0.5, 0.6) is 0 Å². The summed E-state index contributed by atoms with van der Waals surface area (Å²) >= 11 is 3.40. The molecule has 0 saturated carbocycles. The van der Waals surface area contributed by atoms with E-state index in [0.717, 1.165) is 22.4 Å². The Kier molecular flexibility index (Phi) is 7.49. The molecule has 0 aliphatic rings. The van der Waals surface area contributed by atoms with Crippen LogP contribution in [0.3, 0.4) is 0 Å². The van der Waals surface area contributed by atoms with E-state index in [0.29, 0.717) is 15.7 Å². The van der Waals surface area contributed by atoms with Crippen molar-refractivity contribution in [3.8, 4) is 0 Å². The molecule has 2 N–H and O–H groups in total. The average molecular weight is 492 g/mol. The highest BCUT2D eigenvalue weighted by Gasteiger charge is 2.17. The summed E-state index contributed by atoms with van der Waals surface area (Å²) in [6.07, 6.45) is 1.67. The molecule has 0 unspecified atom stereocenters. The van der Waals surface area contributed by atoms with Crippen molar-refractivity contribution >= 4 is 45.2 Å². The molecular formula is C26H26BrN3O2. The van der Waals surface area contributed by atoms with Crippen molar-refractivity contribution in [3.63, 3.8) is 0 Å². The Morgan fingerprint density at radius 1 is 0.938 bits per heavy atom. The molecule has 0 atom stereocenters. The van der Waals surface area contributed by atoms with Gasteiger partial charge in [0.15, 0.2) is 0 Å². The van der Waals surface area contributed by atoms with Crippen molar-refractivity contribution in [2.75, 3.05) is 24.3 Å². The molecule has 0 aliphatic heterocycles. The lowest BCUT2D eigenvalue weighted by molar-refractivity contribution is -0.113. The molecular weight excluding hydrogens is 466 g/mol. The van der Waals surface area contributed by atoms with Crippen molar-refractivity contribution in [1.82, 2.24) is 5.32 Å². The zero-order valence-corrected chi connectivity index (χ0v) is 20.2. The van der Waals surface area contributed by atoms with Crippen LogP contribution in [0, 0.1) is 13.8 Å². The van der Waals surface area contributed by atoms with E-state index < -0.39 is 5.91 Å². The summed E-state index contributed by atoms with van der Waals surface area (Å²) in [6, 6.07) is 20.6. The van der Waals surface area contributed by atoms with Gasteiger partial charge in [-0.3, -0.25) is 9.59 Å². The number of benzene rings is 3. The lowest BCUT2D eigenvalue weighted by atomic mass is 10.1. The van der Waals surface area contributed by atoms with E-state index in [1.54, 1.807) is 24.3 Å². The number of nitrogens with one attached hydrogen (secondary N) is 2. The van der Waals surface area contributed by atoms with Crippen molar-refractivity contribution in [2.45, 2.75) is 13.8 Å². The third kappa shape index (κ3) is 5.86. The van der Waals surface area contributed by atoms with Crippen molar-refractivity contribution in [3.05, 3.63) is 99.2 Å². The third-order valence-electron chi connectivity index (χ3n) is 4.96. The molecule has 164 valence electrons. The molecule has 0 aliphatic carbocycles.